The molecule has 1 N–H and O–H groups in total. The van der Waals surface area contributed by atoms with Crippen LogP contribution >= 0.6 is 0 Å². The number of benzene rings is 1. The van der Waals surface area contributed by atoms with Gasteiger partial charge in [-0.2, -0.15) is 0 Å². The van der Waals surface area contributed by atoms with Crippen molar-refractivity contribution in [1.29, 1.82) is 0 Å². The lowest BCUT2D eigenvalue weighted by Gasteiger charge is -2.19. The molecular formula is C15H18N2O4S. The van der Waals surface area contributed by atoms with Crippen LogP contribution in [0.15, 0.2) is 18.3 Å². The Morgan fingerprint density at radius 2 is 2.09 bits per heavy atom. The van der Waals surface area contributed by atoms with Gasteiger partial charge in [-0.05, 0) is 30.5 Å². The van der Waals surface area contributed by atoms with Crippen molar-refractivity contribution in [2.75, 3.05) is 17.1 Å². The minimum atomic E-state index is -3.42. The second-order valence-electron chi connectivity index (χ2n) is 5.58. The molecule has 0 bridgehead atoms. The molecule has 0 radical (unpaired) electrons. The van der Waals surface area contributed by atoms with Crippen LogP contribution in [0, 0.1) is 0 Å². The zero-order valence-corrected chi connectivity index (χ0v) is 13.4. The Bertz CT molecular complexity index is 867. The first-order chi connectivity index (χ1) is 10.3. The van der Waals surface area contributed by atoms with Crippen LogP contribution in [0.1, 0.15) is 29.3 Å². The van der Waals surface area contributed by atoms with Gasteiger partial charge in [0.1, 0.15) is 0 Å². The van der Waals surface area contributed by atoms with Gasteiger partial charge in [-0.25, -0.2) is 13.2 Å². The van der Waals surface area contributed by atoms with E-state index >= 15 is 0 Å². The van der Waals surface area contributed by atoms with Gasteiger partial charge in [0.05, 0.1) is 22.5 Å². The molecular weight excluding hydrogens is 304 g/mol. The molecule has 0 unspecified atom stereocenters. The molecule has 1 aliphatic rings. The number of carbonyl (C=O) groups is 1. The van der Waals surface area contributed by atoms with E-state index in [2.05, 4.69) is 6.92 Å². The summed E-state index contributed by atoms with van der Waals surface area (Å²) in [6, 6.07) is 3.08. The summed E-state index contributed by atoms with van der Waals surface area (Å²) >= 11 is 0. The van der Waals surface area contributed by atoms with Gasteiger partial charge in [0.2, 0.25) is 10.0 Å². The number of hydrogen-bond acceptors (Lipinski definition) is 3. The van der Waals surface area contributed by atoms with Crippen molar-refractivity contribution in [2.45, 2.75) is 26.3 Å². The molecule has 1 aliphatic heterocycles. The maximum Gasteiger partial charge on any atom is 0.335 e. The lowest BCUT2D eigenvalue weighted by Crippen LogP contribution is -2.28. The Balaban J connectivity index is 2.39. The highest BCUT2D eigenvalue weighted by molar-refractivity contribution is 7.92. The molecule has 0 amide bonds. The van der Waals surface area contributed by atoms with E-state index < -0.39 is 16.0 Å². The highest BCUT2D eigenvalue weighted by Gasteiger charge is 2.28. The van der Waals surface area contributed by atoms with Crippen LogP contribution in [-0.4, -0.2) is 36.9 Å². The third kappa shape index (κ3) is 2.16. The zero-order chi connectivity index (χ0) is 16.1. The van der Waals surface area contributed by atoms with Gasteiger partial charge < -0.3 is 9.67 Å². The van der Waals surface area contributed by atoms with E-state index in [4.69, 9.17) is 0 Å². The van der Waals surface area contributed by atoms with Gasteiger partial charge in [0.25, 0.3) is 0 Å². The fourth-order valence-corrected chi connectivity index (χ4v) is 4.20. The molecule has 6 nitrogen and oxygen atoms in total. The van der Waals surface area contributed by atoms with Crippen molar-refractivity contribution in [2.24, 2.45) is 0 Å². The molecule has 22 heavy (non-hydrogen) atoms. The number of rotatable bonds is 3. The van der Waals surface area contributed by atoms with Crippen molar-refractivity contribution in [3.05, 3.63) is 29.5 Å². The summed E-state index contributed by atoms with van der Waals surface area (Å²) in [6.07, 6.45) is 3.32. The summed E-state index contributed by atoms with van der Waals surface area (Å²) in [5.74, 6) is -1.02. The van der Waals surface area contributed by atoms with E-state index in [1.807, 2.05) is 10.8 Å². The minimum absolute atomic E-state index is 0.0336. The van der Waals surface area contributed by atoms with Crippen molar-refractivity contribution in [3.63, 3.8) is 0 Å². The smallest absolute Gasteiger partial charge is 0.335 e. The number of aromatic nitrogens is 1. The Morgan fingerprint density at radius 1 is 1.36 bits per heavy atom. The van der Waals surface area contributed by atoms with Crippen LogP contribution in [0.25, 0.3) is 10.9 Å². The summed E-state index contributed by atoms with van der Waals surface area (Å²) in [6.45, 7) is 2.82. The molecule has 0 aliphatic carbocycles. The quantitative estimate of drug-likeness (QED) is 0.938. The minimum Gasteiger partial charge on any atom is -0.478 e. The van der Waals surface area contributed by atoms with E-state index in [0.29, 0.717) is 12.1 Å². The maximum absolute atomic E-state index is 12.3. The van der Waals surface area contributed by atoms with Gasteiger partial charge in [-0.1, -0.05) is 6.92 Å². The summed E-state index contributed by atoms with van der Waals surface area (Å²) in [5.41, 5.74) is 2.31. The third-order valence-electron chi connectivity index (χ3n) is 4.14. The van der Waals surface area contributed by atoms with Gasteiger partial charge >= 0.3 is 5.97 Å². The van der Waals surface area contributed by atoms with E-state index in [1.165, 1.54) is 17.4 Å². The molecule has 0 saturated heterocycles. The van der Waals surface area contributed by atoms with Crippen molar-refractivity contribution in [1.82, 2.24) is 4.57 Å². The number of sulfonamides is 1. The van der Waals surface area contributed by atoms with Crippen LogP contribution in [0.4, 0.5) is 5.69 Å². The molecule has 118 valence electrons. The van der Waals surface area contributed by atoms with Gasteiger partial charge in [0.15, 0.2) is 0 Å². The average molecular weight is 322 g/mol. The third-order valence-corrected chi connectivity index (χ3v) is 5.89. The zero-order valence-electron chi connectivity index (χ0n) is 12.5. The molecule has 7 heteroatoms. The number of carboxylic acid groups (broad SMARTS) is 1. The number of aromatic carboxylic acids is 1. The molecule has 0 spiro atoms. The van der Waals surface area contributed by atoms with Crippen molar-refractivity contribution in [3.8, 4) is 0 Å². The first-order valence-corrected chi connectivity index (χ1v) is 8.81. The molecule has 1 aromatic heterocycles. The molecule has 0 saturated carbocycles. The predicted octanol–water partition coefficient (Wildman–Crippen LogP) is 2.07. The summed E-state index contributed by atoms with van der Waals surface area (Å²) in [5, 5.41) is 10.2. The Hall–Kier alpha value is -2.02. The molecule has 0 atom stereocenters. The van der Waals surface area contributed by atoms with Crippen LogP contribution in [0.3, 0.4) is 0 Å². The van der Waals surface area contributed by atoms with Gasteiger partial charge in [-0.3, -0.25) is 4.31 Å². The molecule has 2 aromatic rings. The van der Waals surface area contributed by atoms with E-state index in [1.54, 1.807) is 6.07 Å². The first kappa shape index (κ1) is 14.9. The highest BCUT2D eigenvalue weighted by Crippen LogP contribution is 2.36. The highest BCUT2D eigenvalue weighted by atomic mass is 32.2. The number of anilines is 1. The second-order valence-corrected chi connectivity index (χ2v) is 7.70. The monoisotopic (exact) mass is 322 g/mol. The number of hydrogen-bond donors (Lipinski definition) is 1. The lowest BCUT2D eigenvalue weighted by atomic mass is 10.1. The summed E-state index contributed by atoms with van der Waals surface area (Å²) in [4.78, 5) is 11.4. The number of aryl methyl sites for hydroxylation is 2. The van der Waals surface area contributed by atoms with Crippen molar-refractivity contribution < 1.29 is 18.3 Å². The van der Waals surface area contributed by atoms with E-state index in [9.17, 15) is 18.3 Å². The molecule has 1 aromatic carbocycles. The van der Waals surface area contributed by atoms with E-state index in [0.717, 1.165) is 29.4 Å². The Kier molecular flexibility index (Phi) is 3.40. The van der Waals surface area contributed by atoms with Crippen LogP contribution < -0.4 is 4.31 Å². The number of nitrogens with zero attached hydrogens (tertiary/aromatic N) is 2. The fourth-order valence-electron chi connectivity index (χ4n) is 3.00. The first-order valence-electron chi connectivity index (χ1n) is 7.21. The van der Waals surface area contributed by atoms with E-state index in [-0.39, 0.29) is 11.3 Å². The summed E-state index contributed by atoms with van der Waals surface area (Å²) < 4.78 is 27.8. The SMILES string of the molecule is CCCn1cc2c3c(cc(C(=O)O)cc31)N(C)S(=O)(=O)CC2. The number of carboxylic acids is 1. The Morgan fingerprint density at radius 3 is 2.73 bits per heavy atom. The normalized spacial score (nSPS) is 16.7. The fraction of sp³-hybridized carbons (Fsp3) is 0.400. The Labute approximate surface area is 129 Å². The van der Waals surface area contributed by atoms with Crippen LogP contribution in [0.5, 0.6) is 0 Å². The molecule has 2 heterocycles. The van der Waals surface area contributed by atoms with Gasteiger partial charge in [-0.15, -0.1) is 0 Å². The predicted molar refractivity (Wildman–Crippen MR) is 85.1 cm³/mol. The molecule has 3 rings (SSSR count). The lowest BCUT2D eigenvalue weighted by molar-refractivity contribution is 0.0697. The van der Waals surface area contributed by atoms with Gasteiger partial charge in [0, 0.05) is 25.2 Å². The average Bonchev–Trinajstić information content (AvgIpc) is 2.77. The standard InChI is InChI=1S/C15H18N2O4S/c1-3-5-17-9-10-4-6-22(20,21)16(2)12-7-11(15(18)19)8-13(17)14(10)12/h7-9H,3-6H2,1-2H3,(H,18,19). The second kappa shape index (κ2) is 5.01. The largest absolute Gasteiger partial charge is 0.478 e. The van der Waals surface area contributed by atoms with Crippen LogP contribution in [0.2, 0.25) is 0 Å². The molecule has 0 fully saturated rings. The maximum atomic E-state index is 12.3. The van der Waals surface area contributed by atoms with Crippen molar-refractivity contribution >= 4 is 32.6 Å². The summed E-state index contributed by atoms with van der Waals surface area (Å²) in [7, 11) is -1.93. The topological polar surface area (TPSA) is 79.6 Å². The van der Waals surface area contributed by atoms with Crippen LogP contribution in [-0.2, 0) is 23.0 Å².